The Labute approximate surface area is 142 Å². The van der Waals surface area contributed by atoms with Gasteiger partial charge in [-0.05, 0) is 32.1 Å². The van der Waals surface area contributed by atoms with Gasteiger partial charge in [0.25, 0.3) is 0 Å². The normalized spacial score (nSPS) is 11.2. The van der Waals surface area contributed by atoms with Gasteiger partial charge in [-0.25, -0.2) is 4.79 Å². The van der Waals surface area contributed by atoms with E-state index in [1.807, 2.05) is 0 Å². The van der Waals surface area contributed by atoms with Gasteiger partial charge in [-0.2, -0.15) is 5.48 Å². The van der Waals surface area contributed by atoms with E-state index < -0.39 is 6.16 Å². The van der Waals surface area contributed by atoms with Gasteiger partial charge in [0.2, 0.25) is 0 Å². The number of hydrogen-bond donors (Lipinski definition) is 2. The molecule has 0 bridgehead atoms. The van der Waals surface area contributed by atoms with Gasteiger partial charge in [0, 0.05) is 6.54 Å². The number of allylic oxidation sites excluding steroid dienone is 2. The number of hydrogen-bond acceptors (Lipinski definition) is 3. The average molecular weight is 328 g/mol. The number of unbranched alkanes of at least 4 members (excludes halogenated alkanes) is 12. The standard InChI is InChI=1S/C19H37NO3/c1-2-3-4-5-6-7-8-9-10-11-12-13-14-15-16-17-18-20-23-19(21)22/h9-10,20H,2-8,11-18H2,1H3,(H,21,22)/b10-9-. The smallest absolute Gasteiger partial charge is 0.448 e. The molecule has 0 aromatic carbocycles. The molecule has 0 saturated carbocycles. The lowest BCUT2D eigenvalue weighted by Gasteiger charge is -2.02. The maximum Gasteiger partial charge on any atom is 0.525 e. The lowest BCUT2D eigenvalue weighted by Crippen LogP contribution is -2.19. The van der Waals surface area contributed by atoms with E-state index in [0.29, 0.717) is 6.54 Å². The van der Waals surface area contributed by atoms with Crippen LogP contribution in [0.4, 0.5) is 4.79 Å². The van der Waals surface area contributed by atoms with Crippen LogP contribution < -0.4 is 5.48 Å². The van der Waals surface area contributed by atoms with Gasteiger partial charge >= 0.3 is 6.16 Å². The minimum absolute atomic E-state index is 0.605. The molecule has 0 saturated heterocycles. The molecule has 0 heterocycles. The van der Waals surface area contributed by atoms with Crippen LogP contribution in [0.3, 0.4) is 0 Å². The monoisotopic (exact) mass is 327 g/mol. The van der Waals surface area contributed by atoms with Crippen molar-refractivity contribution in [2.45, 2.75) is 96.8 Å². The summed E-state index contributed by atoms with van der Waals surface area (Å²) in [5, 5.41) is 8.26. The topological polar surface area (TPSA) is 58.6 Å². The Hall–Kier alpha value is -1.03. The fourth-order valence-corrected chi connectivity index (χ4v) is 2.56. The fraction of sp³-hybridized carbons (Fsp3) is 0.842. The highest BCUT2D eigenvalue weighted by atomic mass is 16.8. The van der Waals surface area contributed by atoms with Crippen molar-refractivity contribution in [2.75, 3.05) is 6.54 Å². The van der Waals surface area contributed by atoms with Crippen LogP contribution in [-0.4, -0.2) is 17.8 Å². The third kappa shape index (κ3) is 21.0. The molecule has 2 N–H and O–H groups in total. The van der Waals surface area contributed by atoms with E-state index in [1.54, 1.807) is 0 Å². The Morgan fingerprint density at radius 3 is 1.83 bits per heavy atom. The molecular formula is C19H37NO3. The zero-order valence-corrected chi connectivity index (χ0v) is 15.0. The zero-order valence-electron chi connectivity index (χ0n) is 15.0. The van der Waals surface area contributed by atoms with Crippen molar-refractivity contribution < 1.29 is 14.7 Å². The van der Waals surface area contributed by atoms with Crippen LogP contribution >= 0.6 is 0 Å². The first-order valence-electron chi connectivity index (χ1n) is 9.55. The summed E-state index contributed by atoms with van der Waals surface area (Å²) in [5.74, 6) is 0. The van der Waals surface area contributed by atoms with Crippen LogP contribution in [0.15, 0.2) is 12.2 Å². The Morgan fingerprint density at radius 2 is 1.30 bits per heavy atom. The molecule has 0 radical (unpaired) electrons. The molecule has 136 valence electrons. The second-order valence-electron chi connectivity index (χ2n) is 6.20. The first kappa shape index (κ1) is 22.0. The number of carbonyl (C=O) groups is 1. The Kier molecular flexibility index (Phi) is 18.2. The molecule has 0 aliphatic rings. The molecule has 0 spiro atoms. The Morgan fingerprint density at radius 1 is 0.826 bits per heavy atom. The van der Waals surface area contributed by atoms with Crippen molar-refractivity contribution in [1.29, 1.82) is 0 Å². The number of hydroxylamine groups is 1. The van der Waals surface area contributed by atoms with Crippen LogP contribution in [0.1, 0.15) is 96.8 Å². The minimum atomic E-state index is -1.27. The summed E-state index contributed by atoms with van der Waals surface area (Å²) in [6.45, 7) is 2.87. The van der Waals surface area contributed by atoms with Gasteiger partial charge in [0.15, 0.2) is 0 Å². The summed E-state index contributed by atoms with van der Waals surface area (Å²) < 4.78 is 0. The van der Waals surface area contributed by atoms with Gasteiger partial charge in [-0.3, -0.25) is 0 Å². The number of nitrogens with one attached hydrogen (secondary N) is 1. The summed E-state index contributed by atoms with van der Waals surface area (Å²) in [6.07, 6.45) is 21.3. The first-order chi connectivity index (χ1) is 11.3. The summed E-state index contributed by atoms with van der Waals surface area (Å²) in [7, 11) is 0. The molecule has 0 aliphatic carbocycles. The van der Waals surface area contributed by atoms with Crippen LogP contribution in [-0.2, 0) is 4.84 Å². The summed E-state index contributed by atoms with van der Waals surface area (Å²) in [6, 6.07) is 0. The van der Waals surface area contributed by atoms with E-state index in [-0.39, 0.29) is 0 Å². The van der Waals surface area contributed by atoms with E-state index in [4.69, 9.17) is 5.11 Å². The van der Waals surface area contributed by atoms with E-state index in [0.717, 1.165) is 12.8 Å². The van der Waals surface area contributed by atoms with Crippen molar-refractivity contribution in [1.82, 2.24) is 5.48 Å². The van der Waals surface area contributed by atoms with E-state index in [1.165, 1.54) is 77.0 Å². The average Bonchev–Trinajstić information content (AvgIpc) is 2.53. The van der Waals surface area contributed by atoms with Gasteiger partial charge in [-0.15, -0.1) is 0 Å². The Bertz CT molecular complexity index is 280. The van der Waals surface area contributed by atoms with Crippen LogP contribution in [0.5, 0.6) is 0 Å². The highest BCUT2D eigenvalue weighted by Gasteiger charge is 1.95. The summed E-state index contributed by atoms with van der Waals surface area (Å²) in [5.41, 5.74) is 2.43. The maximum absolute atomic E-state index is 10.1. The molecule has 0 fully saturated rings. The highest BCUT2D eigenvalue weighted by Crippen LogP contribution is 2.09. The maximum atomic E-state index is 10.1. The molecule has 0 unspecified atom stereocenters. The molecular weight excluding hydrogens is 290 g/mol. The second-order valence-corrected chi connectivity index (χ2v) is 6.20. The minimum Gasteiger partial charge on any atom is -0.448 e. The predicted octanol–water partition coefficient (Wildman–Crippen LogP) is 6.22. The summed E-state index contributed by atoms with van der Waals surface area (Å²) >= 11 is 0. The van der Waals surface area contributed by atoms with E-state index >= 15 is 0 Å². The van der Waals surface area contributed by atoms with E-state index in [9.17, 15) is 4.79 Å². The molecule has 0 atom stereocenters. The molecule has 0 aromatic rings. The zero-order chi connectivity index (χ0) is 17.0. The van der Waals surface area contributed by atoms with Gasteiger partial charge in [0.05, 0.1) is 0 Å². The predicted molar refractivity (Wildman–Crippen MR) is 96.6 cm³/mol. The lowest BCUT2D eigenvalue weighted by molar-refractivity contribution is 0.0436. The van der Waals surface area contributed by atoms with Gasteiger partial charge in [0.1, 0.15) is 0 Å². The Balaban J connectivity index is 3.06. The van der Waals surface area contributed by atoms with Crippen LogP contribution in [0, 0.1) is 0 Å². The molecule has 4 nitrogen and oxygen atoms in total. The molecule has 0 aliphatic heterocycles. The fourth-order valence-electron chi connectivity index (χ4n) is 2.56. The van der Waals surface area contributed by atoms with Gasteiger partial charge in [-0.1, -0.05) is 76.9 Å². The van der Waals surface area contributed by atoms with Crippen molar-refractivity contribution >= 4 is 6.16 Å². The molecule has 0 aromatic heterocycles. The molecule has 23 heavy (non-hydrogen) atoms. The number of rotatable bonds is 17. The van der Waals surface area contributed by atoms with Crippen molar-refractivity contribution in [3.8, 4) is 0 Å². The highest BCUT2D eigenvalue weighted by molar-refractivity contribution is 5.56. The van der Waals surface area contributed by atoms with Gasteiger partial charge < -0.3 is 9.94 Å². The van der Waals surface area contributed by atoms with Crippen LogP contribution in [0.2, 0.25) is 0 Å². The largest absolute Gasteiger partial charge is 0.525 e. The lowest BCUT2D eigenvalue weighted by atomic mass is 10.1. The third-order valence-corrected chi connectivity index (χ3v) is 3.95. The molecule has 4 heteroatoms. The van der Waals surface area contributed by atoms with Crippen LogP contribution in [0.25, 0.3) is 0 Å². The van der Waals surface area contributed by atoms with Crippen molar-refractivity contribution in [3.63, 3.8) is 0 Å². The first-order valence-corrected chi connectivity index (χ1v) is 9.55. The number of carboxylic acid groups (broad SMARTS) is 1. The summed E-state index contributed by atoms with van der Waals surface area (Å²) in [4.78, 5) is 14.3. The van der Waals surface area contributed by atoms with Crippen molar-refractivity contribution in [2.24, 2.45) is 0 Å². The molecule has 0 rings (SSSR count). The third-order valence-electron chi connectivity index (χ3n) is 3.95. The molecule has 0 amide bonds. The second kappa shape index (κ2) is 19.0. The van der Waals surface area contributed by atoms with Crippen molar-refractivity contribution in [3.05, 3.63) is 12.2 Å². The SMILES string of the molecule is CCCCCCCC/C=C\CCCCCCCCNOC(=O)O. The quantitative estimate of drug-likeness (QED) is 0.189. The van der Waals surface area contributed by atoms with E-state index in [2.05, 4.69) is 29.4 Å².